The second kappa shape index (κ2) is 7.98. The van der Waals surface area contributed by atoms with Gasteiger partial charge >= 0.3 is 5.97 Å². The molecule has 1 amide bonds. The molecule has 1 aliphatic carbocycles. The minimum atomic E-state index is -3.89. The number of piperidine rings is 1. The molecular weight excluding hydrogens is 368 g/mol. The molecule has 1 heterocycles. The molecule has 1 N–H and O–H groups in total. The maximum Gasteiger partial charge on any atom is 0.337 e. The van der Waals surface area contributed by atoms with Crippen molar-refractivity contribution in [1.82, 2.24) is 9.21 Å². The van der Waals surface area contributed by atoms with Crippen molar-refractivity contribution < 1.29 is 23.1 Å². The van der Waals surface area contributed by atoms with Gasteiger partial charge in [0.15, 0.2) is 0 Å². The molecule has 1 saturated heterocycles. The highest BCUT2D eigenvalue weighted by Crippen LogP contribution is 2.31. The van der Waals surface area contributed by atoms with E-state index in [1.165, 1.54) is 41.4 Å². The number of amides is 1. The molecule has 0 atom stereocenters. The number of carbonyl (C=O) groups excluding carboxylic acids is 1. The number of carbonyl (C=O) groups is 2. The molecule has 2 aliphatic rings. The number of nitrogens with zero attached hydrogens (tertiary/aromatic N) is 2. The maximum atomic E-state index is 12.9. The number of carboxylic acid groups (broad SMARTS) is 1. The van der Waals surface area contributed by atoms with Gasteiger partial charge in [-0.05, 0) is 50.7 Å². The van der Waals surface area contributed by atoms with E-state index in [0.717, 1.165) is 6.54 Å². The number of sulfonamides is 1. The Morgan fingerprint density at radius 1 is 1.15 bits per heavy atom. The van der Waals surface area contributed by atoms with Crippen LogP contribution < -0.4 is 0 Å². The van der Waals surface area contributed by atoms with E-state index >= 15 is 0 Å². The number of aromatic carboxylic acids is 1. The summed E-state index contributed by atoms with van der Waals surface area (Å²) in [7, 11) is -3.89. The van der Waals surface area contributed by atoms with Crippen LogP contribution in [0, 0.1) is 11.8 Å². The van der Waals surface area contributed by atoms with Crippen LogP contribution >= 0.6 is 0 Å². The third kappa shape index (κ3) is 4.32. The lowest BCUT2D eigenvalue weighted by atomic mass is 9.96. The summed E-state index contributed by atoms with van der Waals surface area (Å²) >= 11 is 0. The second-order valence-corrected chi connectivity index (χ2v) is 9.21. The van der Waals surface area contributed by atoms with Gasteiger partial charge in [0.1, 0.15) is 0 Å². The van der Waals surface area contributed by atoms with Gasteiger partial charge in [-0.15, -0.1) is 0 Å². The van der Waals surface area contributed by atoms with Crippen LogP contribution in [0.4, 0.5) is 0 Å². The summed E-state index contributed by atoms with van der Waals surface area (Å²) in [4.78, 5) is 25.8. The minimum absolute atomic E-state index is 0.118. The van der Waals surface area contributed by atoms with Gasteiger partial charge in [-0.3, -0.25) is 4.79 Å². The number of rotatable bonds is 7. The van der Waals surface area contributed by atoms with Gasteiger partial charge in [0, 0.05) is 32.1 Å². The van der Waals surface area contributed by atoms with Gasteiger partial charge in [-0.2, -0.15) is 4.31 Å². The average molecular weight is 394 g/mol. The first-order chi connectivity index (χ1) is 12.8. The Labute approximate surface area is 160 Å². The summed E-state index contributed by atoms with van der Waals surface area (Å²) in [6.07, 6.45) is 3.30. The van der Waals surface area contributed by atoms with Gasteiger partial charge < -0.3 is 10.0 Å². The second-order valence-electron chi connectivity index (χ2n) is 7.30. The zero-order valence-corrected chi connectivity index (χ0v) is 16.3. The largest absolute Gasteiger partial charge is 0.478 e. The SMILES string of the molecule is CCN(CC1CC1)C(=O)C1CCN(S(=O)(=O)c2ccccc2C(=O)O)CC1. The zero-order valence-electron chi connectivity index (χ0n) is 15.5. The number of hydrogen-bond donors (Lipinski definition) is 1. The predicted octanol–water partition coefficient (Wildman–Crippen LogP) is 2.04. The molecule has 0 aromatic heterocycles. The standard InChI is InChI=1S/C19H26N2O5S/c1-2-20(13-14-7-8-14)18(22)15-9-11-21(12-10-15)27(25,26)17-6-4-3-5-16(17)19(23)24/h3-6,14-15H,2,7-13H2,1H3,(H,23,24). The Balaban J connectivity index is 1.68. The predicted molar refractivity (Wildman–Crippen MR) is 99.9 cm³/mol. The van der Waals surface area contributed by atoms with Crippen molar-refractivity contribution in [3.05, 3.63) is 29.8 Å². The number of carboxylic acids is 1. The van der Waals surface area contributed by atoms with Gasteiger partial charge in [0.25, 0.3) is 0 Å². The normalized spacial score (nSPS) is 19.0. The van der Waals surface area contributed by atoms with Gasteiger partial charge in [0.05, 0.1) is 10.5 Å². The quantitative estimate of drug-likeness (QED) is 0.764. The van der Waals surface area contributed by atoms with Gasteiger partial charge in [0.2, 0.25) is 15.9 Å². The van der Waals surface area contributed by atoms with E-state index in [2.05, 4.69) is 0 Å². The Morgan fingerprint density at radius 3 is 2.33 bits per heavy atom. The molecule has 0 unspecified atom stereocenters. The van der Waals surface area contributed by atoms with Crippen molar-refractivity contribution in [2.24, 2.45) is 11.8 Å². The molecule has 27 heavy (non-hydrogen) atoms. The first-order valence-corrected chi connectivity index (χ1v) is 10.9. The first-order valence-electron chi connectivity index (χ1n) is 9.45. The minimum Gasteiger partial charge on any atom is -0.478 e. The summed E-state index contributed by atoms with van der Waals surface area (Å²) in [6, 6.07) is 5.65. The summed E-state index contributed by atoms with van der Waals surface area (Å²) in [5.74, 6) is -0.683. The molecule has 0 bridgehead atoms. The average Bonchev–Trinajstić information content (AvgIpc) is 3.50. The molecule has 2 fully saturated rings. The molecule has 0 spiro atoms. The van der Waals surface area contributed by atoms with E-state index < -0.39 is 16.0 Å². The monoisotopic (exact) mass is 394 g/mol. The van der Waals surface area contributed by atoms with E-state index in [1.54, 1.807) is 0 Å². The summed E-state index contributed by atoms with van der Waals surface area (Å²) in [6.45, 7) is 3.92. The lowest BCUT2D eigenvalue weighted by molar-refractivity contribution is -0.136. The first kappa shape index (κ1) is 19.8. The summed E-state index contributed by atoms with van der Waals surface area (Å²) in [5.41, 5.74) is -0.225. The van der Waals surface area contributed by atoms with Crippen molar-refractivity contribution in [3.63, 3.8) is 0 Å². The Kier molecular flexibility index (Phi) is 5.86. The van der Waals surface area contributed by atoms with Crippen molar-refractivity contribution >= 4 is 21.9 Å². The third-order valence-corrected chi connectivity index (χ3v) is 7.36. The van der Waals surface area contributed by atoms with E-state index in [-0.39, 0.29) is 35.4 Å². The van der Waals surface area contributed by atoms with Crippen molar-refractivity contribution in [2.45, 2.75) is 37.5 Å². The highest BCUT2D eigenvalue weighted by molar-refractivity contribution is 7.89. The van der Waals surface area contributed by atoms with Crippen molar-refractivity contribution in [1.29, 1.82) is 0 Å². The smallest absolute Gasteiger partial charge is 0.337 e. The van der Waals surface area contributed by atoms with Gasteiger partial charge in [-0.25, -0.2) is 13.2 Å². The highest BCUT2D eigenvalue weighted by atomic mass is 32.2. The summed E-state index contributed by atoms with van der Waals surface area (Å²) in [5, 5.41) is 9.27. The van der Waals surface area contributed by atoms with Gasteiger partial charge in [-0.1, -0.05) is 12.1 Å². The third-order valence-electron chi connectivity index (χ3n) is 5.41. The molecule has 8 heteroatoms. The highest BCUT2D eigenvalue weighted by Gasteiger charge is 2.36. The van der Waals surface area contributed by atoms with Crippen LogP contribution in [0.25, 0.3) is 0 Å². The molecule has 1 aromatic rings. The Bertz CT molecular complexity index is 811. The van der Waals surface area contributed by atoms with E-state index in [9.17, 15) is 23.1 Å². The van der Waals surface area contributed by atoms with Crippen LogP contribution in [0.1, 0.15) is 43.0 Å². The molecular formula is C19H26N2O5S. The van der Waals surface area contributed by atoms with Crippen LogP contribution in [0.15, 0.2) is 29.2 Å². The maximum absolute atomic E-state index is 12.9. The Morgan fingerprint density at radius 2 is 1.78 bits per heavy atom. The van der Waals surface area contributed by atoms with Crippen LogP contribution in [-0.4, -0.2) is 60.8 Å². The molecule has 7 nitrogen and oxygen atoms in total. The number of benzene rings is 1. The Hall–Kier alpha value is -1.93. The van der Waals surface area contributed by atoms with Crippen LogP contribution in [0.3, 0.4) is 0 Å². The van der Waals surface area contributed by atoms with Crippen molar-refractivity contribution in [2.75, 3.05) is 26.2 Å². The fourth-order valence-corrected chi connectivity index (χ4v) is 5.25. The lowest BCUT2D eigenvalue weighted by Crippen LogP contribution is -2.45. The van der Waals surface area contributed by atoms with Crippen molar-refractivity contribution in [3.8, 4) is 0 Å². The summed E-state index contributed by atoms with van der Waals surface area (Å²) < 4.78 is 27.1. The van der Waals surface area contributed by atoms with E-state index in [1.807, 2.05) is 11.8 Å². The van der Waals surface area contributed by atoms with E-state index in [4.69, 9.17) is 0 Å². The molecule has 1 aromatic carbocycles. The zero-order chi connectivity index (χ0) is 19.6. The van der Waals surface area contributed by atoms with E-state index in [0.29, 0.717) is 25.3 Å². The topological polar surface area (TPSA) is 95.0 Å². The fraction of sp³-hybridized carbons (Fsp3) is 0.579. The lowest BCUT2D eigenvalue weighted by Gasteiger charge is -2.33. The van der Waals surface area contributed by atoms with Crippen LogP contribution in [0.2, 0.25) is 0 Å². The molecule has 1 saturated carbocycles. The van der Waals surface area contributed by atoms with Crippen LogP contribution in [-0.2, 0) is 14.8 Å². The van der Waals surface area contributed by atoms with Crippen LogP contribution in [0.5, 0.6) is 0 Å². The molecule has 0 radical (unpaired) electrons. The molecule has 3 rings (SSSR count). The molecule has 148 valence electrons. The fourth-order valence-electron chi connectivity index (χ4n) is 3.60. The molecule has 1 aliphatic heterocycles. The number of hydrogen-bond acceptors (Lipinski definition) is 4.